The fraction of sp³-hybridized carbons (Fsp3) is 0.0833. The number of carbonyl (C=O) groups is 1. The second-order valence-corrected chi connectivity index (χ2v) is 5.92. The molecule has 1 aromatic carbocycles. The highest BCUT2D eigenvalue weighted by Gasteiger charge is 2.14. The molecular weight excluding hydrogens is 322 g/mol. The first-order valence-corrected chi connectivity index (χ1v) is 7.65. The predicted molar refractivity (Wildman–Crippen MR) is 78.8 cm³/mol. The summed E-state index contributed by atoms with van der Waals surface area (Å²) < 4.78 is 25.4. The second-order valence-electron chi connectivity index (χ2n) is 4.24. The average Bonchev–Trinajstić information content (AvgIpc) is 3.01. The van der Waals surface area contributed by atoms with E-state index in [9.17, 15) is 13.2 Å². The minimum absolute atomic E-state index is 0.0547. The van der Waals surface area contributed by atoms with Gasteiger partial charge in [-0.2, -0.15) is 10.5 Å². The third kappa shape index (κ3) is 4.11. The Hall–Kier alpha value is -3.26. The van der Waals surface area contributed by atoms with Gasteiger partial charge in [-0.15, -0.1) is 10.2 Å². The fourth-order valence-corrected chi connectivity index (χ4v) is 2.55. The minimum atomic E-state index is -3.88. The summed E-state index contributed by atoms with van der Waals surface area (Å²) >= 11 is 0. The van der Waals surface area contributed by atoms with Gasteiger partial charge < -0.3 is 5.32 Å². The maximum absolute atomic E-state index is 11.8. The van der Waals surface area contributed by atoms with Crippen molar-refractivity contribution in [3.8, 4) is 6.07 Å². The van der Waals surface area contributed by atoms with Gasteiger partial charge in [-0.1, -0.05) is 0 Å². The molecule has 0 aliphatic heterocycles. The number of anilines is 1. The van der Waals surface area contributed by atoms with Crippen molar-refractivity contribution >= 4 is 27.2 Å². The third-order valence-corrected chi connectivity index (χ3v) is 3.98. The molecule has 0 saturated heterocycles. The number of hydrogen-bond acceptors (Lipinski definition) is 8. The SMILES string of the molecule is CC(=O)NS(=O)(=O)c1ccc(NC=C(C#N)c2nn[nH]n2)cc1. The summed E-state index contributed by atoms with van der Waals surface area (Å²) in [6, 6.07) is 7.51. The Kier molecular flexibility index (Phi) is 4.67. The van der Waals surface area contributed by atoms with Gasteiger partial charge in [0.05, 0.1) is 4.90 Å². The van der Waals surface area contributed by atoms with E-state index in [4.69, 9.17) is 5.26 Å². The van der Waals surface area contributed by atoms with Gasteiger partial charge in [0.2, 0.25) is 11.7 Å². The lowest BCUT2D eigenvalue weighted by Crippen LogP contribution is -2.28. The van der Waals surface area contributed by atoms with E-state index in [0.717, 1.165) is 6.92 Å². The Labute approximate surface area is 131 Å². The monoisotopic (exact) mass is 333 g/mol. The van der Waals surface area contributed by atoms with Crippen molar-refractivity contribution in [2.75, 3.05) is 5.32 Å². The van der Waals surface area contributed by atoms with Crippen LogP contribution in [0.25, 0.3) is 5.57 Å². The molecule has 0 atom stereocenters. The molecule has 0 bridgehead atoms. The van der Waals surface area contributed by atoms with Gasteiger partial charge in [0, 0.05) is 18.8 Å². The molecule has 1 amide bonds. The molecular formula is C12H11N7O3S. The molecule has 0 saturated carbocycles. The number of allylic oxidation sites excluding steroid dienone is 1. The van der Waals surface area contributed by atoms with Gasteiger partial charge in [-0.3, -0.25) is 4.79 Å². The smallest absolute Gasteiger partial charge is 0.264 e. The highest BCUT2D eigenvalue weighted by Crippen LogP contribution is 2.15. The number of hydrogen-bond donors (Lipinski definition) is 3. The number of carbonyl (C=O) groups excluding carboxylic acids is 1. The van der Waals surface area contributed by atoms with E-state index >= 15 is 0 Å². The summed E-state index contributed by atoms with van der Waals surface area (Å²) in [7, 11) is -3.88. The van der Waals surface area contributed by atoms with Gasteiger partial charge in [0.25, 0.3) is 10.0 Å². The Balaban J connectivity index is 2.15. The van der Waals surface area contributed by atoms with Crippen molar-refractivity contribution < 1.29 is 13.2 Å². The molecule has 0 radical (unpaired) electrons. The number of benzene rings is 1. The van der Waals surface area contributed by atoms with Crippen molar-refractivity contribution in [1.29, 1.82) is 5.26 Å². The van der Waals surface area contributed by atoms with Gasteiger partial charge in [0.15, 0.2) is 0 Å². The Bertz CT molecular complexity index is 864. The van der Waals surface area contributed by atoms with E-state index < -0.39 is 15.9 Å². The van der Waals surface area contributed by atoms with Crippen LogP contribution in [0.4, 0.5) is 5.69 Å². The first kappa shape index (κ1) is 16.1. The van der Waals surface area contributed by atoms with Gasteiger partial charge in [-0.05, 0) is 29.5 Å². The molecule has 0 spiro atoms. The molecule has 0 unspecified atom stereocenters. The molecule has 0 fully saturated rings. The van der Waals surface area contributed by atoms with Crippen LogP contribution >= 0.6 is 0 Å². The summed E-state index contributed by atoms with van der Waals surface area (Å²) in [5, 5.41) is 24.8. The quantitative estimate of drug-likeness (QED) is 0.646. The van der Waals surface area contributed by atoms with Crippen molar-refractivity contribution in [3.05, 3.63) is 36.3 Å². The van der Waals surface area contributed by atoms with E-state index in [1.54, 1.807) is 0 Å². The lowest BCUT2D eigenvalue weighted by Gasteiger charge is -2.06. The molecule has 118 valence electrons. The van der Waals surface area contributed by atoms with E-state index in [0.29, 0.717) is 5.69 Å². The predicted octanol–water partition coefficient (Wildman–Crippen LogP) is 0.00108. The van der Waals surface area contributed by atoms with Gasteiger partial charge in [-0.25, -0.2) is 13.1 Å². The topological polar surface area (TPSA) is 154 Å². The standard InChI is InChI=1S/C12H11N7O3S/c1-8(20)17-23(21,22)11-4-2-10(3-5-11)14-7-9(6-13)12-15-18-19-16-12/h2-5,7,14H,1H3,(H,17,20)(H,15,16,18,19). The van der Waals surface area contributed by atoms with Crippen molar-refractivity contribution in [3.63, 3.8) is 0 Å². The van der Waals surface area contributed by atoms with Crippen LogP contribution in [-0.4, -0.2) is 34.9 Å². The van der Waals surface area contributed by atoms with Crippen molar-refractivity contribution in [2.45, 2.75) is 11.8 Å². The zero-order valence-electron chi connectivity index (χ0n) is 11.8. The number of nitriles is 1. The van der Waals surface area contributed by atoms with Crippen LogP contribution in [0.15, 0.2) is 35.4 Å². The van der Waals surface area contributed by atoms with Crippen molar-refractivity contribution in [2.24, 2.45) is 0 Å². The number of rotatable bonds is 5. The van der Waals surface area contributed by atoms with Crippen LogP contribution < -0.4 is 10.0 Å². The first-order valence-electron chi connectivity index (χ1n) is 6.16. The minimum Gasteiger partial charge on any atom is -0.360 e. The number of aromatic nitrogens is 4. The average molecular weight is 333 g/mol. The molecule has 1 heterocycles. The molecule has 3 N–H and O–H groups in total. The van der Waals surface area contributed by atoms with Gasteiger partial charge in [0.1, 0.15) is 11.6 Å². The van der Waals surface area contributed by atoms with E-state index in [1.165, 1.54) is 30.5 Å². The van der Waals surface area contributed by atoms with Crippen LogP contribution in [0.2, 0.25) is 0 Å². The van der Waals surface area contributed by atoms with Crippen LogP contribution in [-0.2, 0) is 14.8 Å². The number of nitrogens with zero attached hydrogens (tertiary/aromatic N) is 4. The second kappa shape index (κ2) is 6.67. The Morgan fingerprint density at radius 2 is 2.04 bits per heavy atom. The van der Waals surface area contributed by atoms with Crippen LogP contribution in [0, 0.1) is 11.3 Å². The summed E-state index contributed by atoms with van der Waals surface area (Å²) in [6.07, 6.45) is 1.36. The number of nitrogens with one attached hydrogen (secondary N) is 3. The molecule has 2 aromatic rings. The molecule has 10 nitrogen and oxygen atoms in total. The first-order chi connectivity index (χ1) is 10.9. The summed E-state index contributed by atoms with van der Waals surface area (Å²) in [5.41, 5.74) is 0.678. The lowest BCUT2D eigenvalue weighted by molar-refractivity contribution is -0.117. The maximum atomic E-state index is 11.8. The number of H-pyrrole nitrogens is 1. The van der Waals surface area contributed by atoms with Crippen LogP contribution in [0.1, 0.15) is 12.7 Å². The van der Waals surface area contributed by atoms with E-state index in [2.05, 4.69) is 25.9 Å². The van der Waals surface area contributed by atoms with Crippen LogP contribution in [0.3, 0.4) is 0 Å². The number of amides is 1. The largest absolute Gasteiger partial charge is 0.360 e. The molecule has 23 heavy (non-hydrogen) atoms. The number of sulfonamides is 1. The van der Waals surface area contributed by atoms with Crippen molar-refractivity contribution in [1.82, 2.24) is 25.3 Å². The molecule has 1 aromatic heterocycles. The zero-order chi connectivity index (χ0) is 16.9. The maximum Gasteiger partial charge on any atom is 0.264 e. The summed E-state index contributed by atoms with van der Waals surface area (Å²) in [5.74, 6) is -0.543. The normalized spacial score (nSPS) is 11.6. The summed E-state index contributed by atoms with van der Waals surface area (Å²) in [6.45, 7) is 1.11. The zero-order valence-corrected chi connectivity index (χ0v) is 12.6. The highest BCUT2D eigenvalue weighted by atomic mass is 32.2. The lowest BCUT2D eigenvalue weighted by atomic mass is 10.3. The summed E-state index contributed by atoms with van der Waals surface area (Å²) in [4.78, 5) is 10.8. The van der Waals surface area contributed by atoms with Gasteiger partial charge >= 0.3 is 0 Å². The highest BCUT2D eigenvalue weighted by molar-refractivity contribution is 7.90. The fourth-order valence-electron chi connectivity index (χ4n) is 1.56. The molecule has 0 aliphatic carbocycles. The van der Waals surface area contributed by atoms with Crippen LogP contribution in [0.5, 0.6) is 0 Å². The Morgan fingerprint density at radius 1 is 1.35 bits per heavy atom. The third-order valence-electron chi connectivity index (χ3n) is 2.53. The van der Waals surface area contributed by atoms with E-state index in [-0.39, 0.29) is 16.3 Å². The number of tetrazole rings is 1. The molecule has 2 rings (SSSR count). The number of aromatic amines is 1. The molecule has 11 heteroatoms. The Morgan fingerprint density at radius 3 is 2.57 bits per heavy atom. The molecule has 0 aliphatic rings. The van der Waals surface area contributed by atoms with E-state index in [1.807, 2.05) is 10.8 Å².